The van der Waals surface area contributed by atoms with Gasteiger partial charge in [0.25, 0.3) is 0 Å². The molecule has 0 fully saturated rings. The Bertz CT molecular complexity index is 88.1. The van der Waals surface area contributed by atoms with Crippen molar-refractivity contribution < 1.29 is 4.43 Å². The fourth-order valence-corrected chi connectivity index (χ4v) is 4.08. The summed E-state index contributed by atoms with van der Waals surface area (Å²) in [4.78, 5) is 0. The summed E-state index contributed by atoms with van der Waals surface area (Å²) in [5.74, 6) is 0. The fourth-order valence-electron chi connectivity index (χ4n) is 1.36. The van der Waals surface area contributed by atoms with Gasteiger partial charge in [-0.15, -0.1) is 0 Å². The van der Waals surface area contributed by atoms with Gasteiger partial charge in [-0.25, -0.2) is 0 Å². The maximum atomic E-state index is 5.73. The molecule has 3 heteroatoms. The molecule has 0 radical (unpaired) electrons. The van der Waals surface area contributed by atoms with Crippen molar-refractivity contribution in [2.75, 3.05) is 13.2 Å². The molecule has 0 aromatic heterocycles. The minimum atomic E-state index is -0.978. The third-order valence-electron chi connectivity index (χ3n) is 1.74. The second-order valence-corrected chi connectivity index (χ2v) is 7.54. The van der Waals surface area contributed by atoms with E-state index in [-0.39, 0.29) is 0 Å². The summed E-state index contributed by atoms with van der Waals surface area (Å²) in [6.07, 6.45) is 0. The molecular formula is C8H21NOSi. The first kappa shape index (κ1) is 11.1. The van der Waals surface area contributed by atoms with Gasteiger partial charge in [0.15, 0.2) is 9.04 Å². The molecular weight excluding hydrogens is 154 g/mol. The molecule has 0 aliphatic carbocycles. The zero-order chi connectivity index (χ0) is 8.85. The van der Waals surface area contributed by atoms with E-state index in [0.29, 0.717) is 6.54 Å². The van der Waals surface area contributed by atoms with Gasteiger partial charge in [0.1, 0.15) is 0 Å². The van der Waals surface area contributed by atoms with Crippen LogP contribution in [0.25, 0.3) is 0 Å². The van der Waals surface area contributed by atoms with Gasteiger partial charge in [0.2, 0.25) is 0 Å². The van der Waals surface area contributed by atoms with Crippen LogP contribution in [0.2, 0.25) is 11.1 Å². The fraction of sp³-hybridized carbons (Fsp3) is 1.00. The van der Waals surface area contributed by atoms with E-state index in [4.69, 9.17) is 10.2 Å². The molecule has 0 unspecified atom stereocenters. The summed E-state index contributed by atoms with van der Waals surface area (Å²) < 4.78 is 5.73. The average molecular weight is 175 g/mol. The molecule has 2 nitrogen and oxygen atoms in total. The molecule has 11 heavy (non-hydrogen) atoms. The molecule has 0 saturated heterocycles. The SMILES string of the molecule is CC(C)[SiH](OCCN)C(C)C. The van der Waals surface area contributed by atoms with Crippen LogP contribution in [0.15, 0.2) is 0 Å². The van der Waals surface area contributed by atoms with Gasteiger partial charge in [-0.1, -0.05) is 27.7 Å². The molecule has 0 aromatic rings. The Labute approximate surface area is 71.8 Å². The van der Waals surface area contributed by atoms with Gasteiger partial charge in [-0.3, -0.25) is 0 Å². The van der Waals surface area contributed by atoms with Crippen molar-refractivity contribution >= 4 is 9.04 Å². The topological polar surface area (TPSA) is 35.2 Å². The number of nitrogens with two attached hydrogens (primary N) is 1. The van der Waals surface area contributed by atoms with Gasteiger partial charge in [-0.05, 0) is 11.1 Å². The van der Waals surface area contributed by atoms with Crippen molar-refractivity contribution in [2.24, 2.45) is 5.73 Å². The third kappa shape index (κ3) is 4.56. The Hall–Kier alpha value is 0.137. The zero-order valence-corrected chi connectivity index (χ0v) is 9.29. The van der Waals surface area contributed by atoms with Crippen LogP contribution in [0.1, 0.15) is 27.7 Å². The second-order valence-electron chi connectivity index (χ2n) is 3.61. The van der Waals surface area contributed by atoms with Crippen molar-refractivity contribution in [3.8, 4) is 0 Å². The van der Waals surface area contributed by atoms with E-state index >= 15 is 0 Å². The van der Waals surface area contributed by atoms with E-state index in [9.17, 15) is 0 Å². The lowest BCUT2D eigenvalue weighted by molar-refractivity contribution is 0.318. The lowest BCUT2D eigenvalue weighted by Gasteiger charge is -2.22. The van der Waals surface area contributed by atoms with Gasteiger partial charge in [0, 0.05) is 13.2 Å². The first-order chi connectivity index (χ1) is 5.09. The average Bonchev–Trinajstić information content (AvgIpc) is 1.87. The highest BCUT2D eigenvalue weighted by atomic mass is 28.3. The molecule has 0 aliphatic heterocycles. The van der Waals surface area contributed by atoms with Crippen LogP contribution in [0.4, 0.5) is 0 Å². The first-order valence-electron chi connectivity index (χ1n) is 4.41. The smallest absolute Gasteiger partial charge is 0.182 e. The van der Waals surface area contributed by atoms with Gasteiger partial charge >= 0.3 is 0 Å². The zero-order valence-electron chi connectivity index (χ0n) is 8.13. The van der Waals surface area contributed by atoms with Crippen molar-refractivity contribution in [1.29, 1.82) is 0 Å². The van der Waals surface area contributed by atoms with E-state index in [1.54, 1.807) is 0 Å². The molecule has 0 atom stereocenters. The molecule has 0 saturated carbocycles. The summed E-state index contributed by atoms with van der Waals surface area (Å²) in [5, 5.41) is 0. The number of rotatable bonds is 5. The number of hydrogen-bond acceptors (Lipinski definition) is 2. The van der Waals surface area contributed by atoms with Crippen LogP contribution < -0.4 is 5.73 Å². The molecule has 0 rings (SSSR count). The van der Waals surface area contributed by atoms with Crippen molar-refractivity contribution in [1.82, 2.24) is 0 Å². The van der Waals surface area contributed by atoms with E-state index in [2.05, 4.69) is 27.7 Å². The minimum Gasteiger partial charge on any atom is -0.418 e. The lowest BCUT2D eigenvalue weighted by Crippen LogP contribution is -2.28. The maximum absolute atomic E-state index is 5.73. The van der Waals surface area contributed by atoms with Gasteiger partial charge in [0.05, 0.1) is 0 Å². The van der Waals surface area contributed by atoms with Crippen LogP contribution in [-0.2, 0) is 4.43 Å². The predicted octanol–water partition coefficient (Wildman–Crippen LogP) is 1.51. The molecule has 0 spiro atoms. The lowest BCUT2D eigenvalue weighted by atomic mass is 10.5. The van der Waals surface area contributed by atoms with Gasteiger partial charge in [-0.2, -0.15) is 0 Å². The van der Waals surface area contributed by atoms with Crippen molar-refractivity contribution in [2.45, 2.75) is 38.8 Å². The van der Waals surface area contributed by atoms with E-state index in [1.807, 2.05) is 0 Å². The van der Waals surface area contributed by atoms with Crippen LogP contribution in [0.5, 0.6) is 0 Å². The predicted molar refractivity (Wildman–Crippen MR) is 52.4 cm³/mol. The Balaban J connectivity index is 3.70. The Kier molecular flexibility index (Phi) is 5.82. The van der Waals surface area contributed by atoms with Crippen LogP contribution in [-0.4, -0.2) is 22.2 Å². The Morgan fingerprint density at radius 3 is 1.91 bits per heavy atom. The summed E-state index contributed by atoms with van der Waals surface area (Å²) in [5.41, 5.74) is 6.82. The highest BCUT2D eigenvalue weighted by molar-refractivity contribution is 6.54. The first-order valence-corrected chi connectivity index (χ1v) is 6.21. The summed E-state index contributed by atoms with van der Waals surface area (Å²) in [6, 6.07) is 0. The monoisotopic (exact) mass is 175 g/mol. The maximum Gasteiger partial charge on any atom is 0.182 e. The minimum absolute atomic E-state index is 0.656. The molecule has 0 aromatic carbocycles. The molecule has 0 bridgehead atoms. The van der Waals surface area contributed by atoms with E-state index < -0.39 is 9.04 Å². The Morgan fingerprint density at radius 1 is 1.18 bits per heavy atom. The molecule has 0 aliphatic rings. The third-order valence-corrected chi connectivity index (χ3v) is 4.99. The quantitative estimate of drug-likeness (QED) is 0.643. The van der Waals surface area contributed by atoms with Crippen LogP contribution >= 0.6 is 0 Å². The van der Waals surface area contributed by atoms with E-state index in [0.717, 1.165) is 17.7 Å². The molecule has 0 amide bonds. The van der Waals surface area contributed by atoms with Crippen LogP contribution in [0.3, 0.4) is 0 Å². The summed E-state index contributed by atoms with van der Waals surface area (Å²) in [7, 11) is -0.978. The van der Waals surface area contributed by atoms with Crippen molar-refractivity contribution in [3.63, 3.8) is 0 Å². The normalized spacial score (nSPS) is 12.0. The largest absolute Gasteiger partial charge is 0.418 e. The molecule has 2 N–H and O–H groups in total. The second kappa shape index (κ2) is 5.74. The summed E-state index contributed by atoms with van der Waals surface area (Å²) in [6.45, 7) is 10.4. The Morgan fingerprint density at radius 2 is 1.64 bits per heavy atom. The summed E-state index contributed by atoms with van der Waals surface area (Å²) >= 11 is 0. The standard InChI is InChI=1S/C8H21NOSi/c1-7(2)11(8(3)4)10-6-5-9/h7-8,11H,5-6,9H2,1-4H3. The number of hydrogen-bond donors (Lipinski definition) is 1. The van der Waals surface area contributed by atoms with Crippen molar-refractivity contribution in [3.05, 3.63) is 0 Å². The highest BCUT2D eigenvalue weighted by Gasteiger charge is 2.19. The van der Waals surface area contributed by atoms with Gasteiger partial charge < -0.3 is 10.2 Å². The molecule has 68 valence electrons. The van der Waals surface area contributed by atoms with E-state index in [1.165, 1.54) is 0 Å². The molecule has 0 heterocycles. The highest BCUT2D eigenvalue weighted by Crippen LogP contribution is 2.20. The van der Waals surface area contributed by atoms with Crippen LogP contribution in [0, 0.1) is 0 Å².